The normalized spacial score (nSPS) is 17.5. The zero-order valence-electron chi connectivity index (χ0n) is 13.2. The molecule has 1 atom stereocenters. The molecule has 3 rings (SSSR count). The minimum Gasteiger partial charge on any atom is -0.386 e. The summed E-state index contributed by atoms with van der Waals surface area (Å²) in [5.74, 6) is -1.64. The van der Waals surface area contributed by atoms with Gasteiger partial charge < -0.3 is 15.8 Å². The number of nitrogens with two attached hydrogens (primary N) is 1. The lowest BCUT2D eigenvalue weighted by Crippen LogP contribution is -2.18. The molecule has 1 aliphatic rings. The Morgan fingerprint density at radius 1 is 1.28 bits per heavy atom. The molecule has 0 aliphatic carbocycles. The van der Waals surface area contributed by atoms with Gasteiger partial charge in [-0.15, -0.1) is 0 Å². The molecule has 0 fully saturated rings. The number of anilines is 1. The molecule has 0 unspecified atom stereocenters. The van der Waals surface area contributed by atoms with E-state index in [0.717, 1.165) is 6.07 Å². The molecule has 0 radical (unpaired) electrons. The number of halogens is 2. The summed E-state index contributed by atoms with van der Waals surface area (Å²) in [5, 5.41) is 2.51. The van der Waals surface area contributed by atoms with Crippen LogP contribution >= 0.6 is 0 Å². The number of benzene rings is 1. The maximum Gasteiger partial charge on any atom is 0.277 e. The Kier molecular flexibility index (Phi) is 4.99. The molecular formula is C17H16F2N4O2. The van der Waals surface area contributed by atoms with Crippen LogP contribution in [0.4, 0.5) is 14.5 Å². The average molecular weight is 346 g/mol. The van der Waals surface area contributed by atoms with E-state index in [-0.39, 0.29) is 23.7 Å². The SMILES string of the molecule is NC1=N[C@H](c2cc(NC(=O)c3ncccc3F)ccc2F)CCOC1. The average Bonchev–Trinajstić information content (AvgIpc) is 2.81. The summed E-state index contributed by atoms with van der Waals surface area (Å²) in [7, 11) is 0. The fraction of sp³-hybridized carbons (Fsp3) is 0.235. The standard InChI is InChI=1S/C17H16F2N4O2/c18-12-4-3-10(22-17(24)16-13(19)2-1-6-21-16)8-11(12)14-5-7-25-9-15(20)23-14/h1-4,6,8,14H,5,7,9H2,(H2,20,23)(H,22,24)/t14-/m0/s1. The van der Waals surface area contributed by atoms with Gasteiger partial charge in [0.25, 0.3) is 5.91 Å². The first kappa shape index (κ1) is 17.0. The van der Waals surface area contributed by atoms with Crippen LogP contribution in [0, 0.1) is 11.6 Å². The van der Waals surface area contributed by atoms with Crippen molar-refractivity contribution in [3.8, 4) is 0 Å². The van der Waals surface area contributed by atoms with E-state index in [0.29, 0.717) is 18.7 Å². The van der Waals surface area contributed by atoms with Crippen LogP contribution in [0.25, 0.3) is 0 Å². The number of hydrogen-bond acceptors (Lipinski definition) is 5. The molecule has 1 aromatic carbocycles. The summed E-state index contributed by atoms with van der Waals surface area (Å²) in [4.78, 5) is 20.1. The molecule has 6 nitrogen and oxygen atoms in total. The summed E-state index contributed by atoms with van der Waals surface area (Å²) in [6.45, 7) is 0.595. The predicted octanol–water partition coefficient (Wildman–Crippen LogP) is 2.43. The van der Waals surface area contributed by atoms with Crippen LogP contribution in [0.2, 0.25) is 0 Å². The van der Waals surface area contributed by atoms with E-state index in [1.807, 2.05) is 0 Å². The van der Waals surface area contributed by atoms with Crippen LogP contribution in [0.1, 0.15) is 28.5 Å². The summed E-state index contributed by atoms with van der Waals surface area (Å²) >= 11 is 0. The van der Waals surface area contributed by atoms with Crippen molar-refractivity contribution in [1.29, 1.82) is 0 Å². The Morgan fingerprint density at radius 2 is 2.12 bits per heavy atom. The molecule has 1 aliphatic heterocycles. The van der Waals surface area contributed by atoms with Crippen LogP contribution in [-0.2, 0) is 4.74 Å². The molecular weight excluding hydrogens is 330 g/mol. The molecule has 1 amide bonds. The van der Waals surface area contributed by atoms with Gasteiger partial charge in [-0.1, -0.05) is 0 Å². The Balaban J connectivity index is 1.85. The largest absolute Gasteiger partial charge is 0.386 e. The fourth-order valence-electron chi connectivity index (χ4n) is 2.52. The molecule has 2 aromatic rings. The predicted molar refractivity (Wildman–Crippen MR) is 88.3 cm³/mol. The number of ether oxygens (including phenoxy) is 1. The number of nitrogens with one attached hydrogen (secondary N) is 1. The molecule has 2 heterocycles. The fourth-order valence-corrected chi connectivity index (χ4v) is 2.52. The number of carbonyl (C=O) groups excluding carboxylic acids is 1. The number of rotatable bonds is 3. The minimum atomic E-state index is -0.736. The van der Waals surface area contributed by atoms with Crippen molar-refractivity contribution in [2.24, 2.45) is 10.7 Å². The third-order valence-electron chi connectivity index (χ3n) is 3.69. The second-order valence-corrected chi connectivity index (χ2v) is 5.50. The van der Waals surface area contributed by atoms with Gasteiger partial charge in [0, 0.05) is 24.1 Å². The highest BCUT2D eigenvalue weighted by atomic mass is 19.1. The quantitative estimate of drug-likeness (QED) is 0.893. The Labute approximate surface area is 142 Å². The van der Waals surface area contributed by atoms with E-state index in [2.05, 4.69) is 15.3 Å². The van der Waals surface area contributed by atoms with E-state index in [9.17, 15) is 13.6 Å². The zero-order valence-corrected chi connectivity index (χ0v) is 13.2. The molecule has 0 bridgehead atoms. The molecule has 0 saturated carbocycles. The molecule has 1 aromatic heterocycles. The molecule has 3 N–H and O–H groups in total. The monoisotopic (exact) mass is 346 g/mol. The summed E-state index contributed by atoms with van der Waals surface area (Å²) < 4.78 is 33.1. The summed E-state index contributed by atoms with van der Waals surface area (Å²) in [5.41, 5.74) is 5.97. The maximum absolute atomic E-state index is 14.2. The van der Waals surface area contributed by atoms with Gasteiger partial charge in [-0.3, -0.25) is 9.79 Å². The molecule has 8 heteroatoms. The number of amides is 1. The Hall–Kier alpha value is -2.87. The Morgan fingerprint density at radius 3 is 2.92 bits per heavy atom. The van der Waals surface area contributed by atoms with Crippen molar-refractivity contribution < 1.29 is 18.3 Å². The van der Waals surface area contributed by atoms with E-state index < -0.39 is 23.6 Å². The van der Waals surface area contributed by atoms with Crippen LogP contribution in [0.15, 0.2) is 41.5 Å². The number of carbonyl (C=O) groups is 1. The van der Waals surface area contributed by atoms with Crippen LogP contribution < -0.4 is 11.1 Å². The third kappa shape index (κ3) is 3.97. The molecule has 25 heavy (non-hydrogen) atoms. The summed E-state index contributed by atoms with van der Waals surface area (Å²) in [6.07, 6.45) is 1.78. The number of nitrogens with zero attached hydrogens (tertiary/aromatic N) is 2. The highest BCUT2D eigenvalue weighted by molar-refractivity contribution is 6.03. The van der Waals surface area contributed by atoms with E-state index in [4.69, 9.17) is 10.5 Å². The van der Waals surface area contributed by atoms with Gasteiger partial charge in [-0.05, 0) is 36.8 Å². The maximum atomic E-state index is 14.2. The first-order valence-electron chi connectivity index (χ1n) is 7.66. The molecule has 0 saturated heterocycles. The number of hydrogen-bond donors (Lipinski definition) is 2. The van der Waals surface area contributed by atoms with Gasteiger partial charge in [0.05, 0.1) is 6.04 Å². The van der Waals surface area contributed by atoms with Crippen LogP contribution in [-0.4, -0.2) is 29.9 Å². The number of amidine groups is 1. The zero-order chi connectivity index (χ0) is 17.8. The van der Waals surface area contributed by atoms with Gasteiger partial charge in [-0.2, -0.15) is 0 Å². The highest BCUT2D eigenvalue weighted by Gasteiger charge is 2.20. The van der Waals surface area contributed by atoms with Crippen molar-refractivity contribution in [2.75, 3.05) is 18.5 Å². The molecule has 130 valence electrons. The van der Waals surface area contributed by atoms with Crippen molar-refractivity contribution in [3.05, 3.63) is 59.4 Å². The van der Waals surface area contributed by atoms with Crippen molar-refractivity contribution >= 4 is 17.4 Å². The lowest BCUT2D eigenvalue weighted by Gasteiger charge is -2.14. The minimum absolute atomic E-state index is 0.202. The lowest BCUT2D eigenvalue weighted by atomic mass is 10.0. The van der Waals surface area contributed by atoms with Gasteiger partial charge >= 0.3 is 0 Å². The Bertz CT molecular complexity index is 826. The van der Waals surface area contributed by atoms with Crippen LogP contribution in [0.5, 0.6) is 0 Å². The van der Waals surface area contributed by atoms with Crippen molar-refractivity contribution in [1.82, 2.24) is 4.98 Å². The highest BCUT2D eigenvalue weighted by Crippen LogP contribution is 2.28. The van der Waals surface area contributed by atoms with Gasteiger partial charge in [0.1, 0.15) is 18.3 Å². The van der Waals surface area contributed by atoms with E-state index >= 15 is 0 Å². The molecule has 0 spiro atoms. The summed E-state index contributed by atoms with van der Waals surface area (Å²) in [6, 6.07) is 6.08. The van der Waals surface area contributed by atoms with Crippen molar-refractivity contribution in [2.45, 2.75) is 12.5 Å². The van der Waals surface area contributed by atoms with Gasteiger partial charge in [0.15, 0.2) is 11.5 Å². The third-order valence-corrected chi connectivity index (χ3v) is 3.69. The van der Waals surface area contributed by atoms with E-state index in [1.165, 1.54) is 30.5 Å². The second-order valence-electron chi connectivity index (χ2n) is 5.50. The number of pyridine rings is 1. The smallest absolute Gasteiger partial charge is 0.277 e. The topological polar surface area (TPSA) is 89.6 Å². The van der Waals surface area contributed by atoms with Gasteiger partial charge in [-0.25, -0.2) is 13.8 Å². The van der Waals surface area contributed by atoms with Gasteiger partial charge in [0.2, 0.25) is 0 Å². The number of aliphatic imine (C=N–C) groups is 1. The first-order valence-corrected chi connectivity index (χ1v) is 7.66. The second kappa shape index (κ2) is 7.35. The van der Waals surface area contributed by atoms with E-state index in [1.54, 1.807) is 0 Å². The first-order chi connectivity index (χ1) is 12.0. The lowest BCUT2D eigenvalue weighted by molar-refractivity contribution is 0.101. The van der Waals surface area contributed by atoms with Crippen molar-refractivity contribution in [3.63, 3.8) is 0 Å². The number of aromatic nitrogens is 1. The van der Waals surface area contributed by atoms with Crippen LogP contribution in [0.3, 0.4) is 0 Å².